The zero-order valence-electron chi connectivity index (χ0n) is 17.6. The number of benzene rings is 3. The van der Waals surface area contributed by atoms with Crippen molar-refractivity contribution in [1.82, 2.24) is 0 Å². The largest absolute Gasteiger partial charge is 0.345 e. The van der Waals surface area contributed by atoms with E-state index in [0.717, 1.165) is 5.69 Å². The normalized spacial score (nSPS) is 11.6. The zero-order chi connectivity index (χ0) is 23.4. The zero-order valence-corrected chi connectivity index (χ0v) is 19.2. The van der Waals surface area contributed by atoms with Gasteiger partial charge in [-0.05, 0) is 43.3 Å². The quantitative estimate of drug-likeness (QED) is 0.248. The maximum Gasteiger partial charge on any atom is 0.238 e. The highest BCUT2D eigenvalue weighted by molar-refractivity contribution is 7.89. The van der Waals surface area contributed by atoms with E-state index >= 15 is 0 Å². The third-order valence-corrected chi connectivity index (χ3v) is 6.94. The number of thiophene rings is 1. The molecule has 0 atom stereocenters. The van der Waals surface area contributed by atoms with Crippen molar-refractivity contribution in [3.63, 3.8) is 0 Å². The highest BCUT2D eigenvalue weighted by Gasteiger charge is 2.21. The standard InChI is InChI=1S/C24H20N4O3S2/c1-16-21(28-27-19-12-14-20(15-13-19)33(25,30)31)24(26-18-10-6-3-7-11-18)32-23(16)22(29)17-8-4-2-5-9-17/h2-15,26H,1H3,(H2,25,30,31). The first-order valence-electron chi connectivity index (χ1n) is 9.93. The van der Waals surface area contributed by atoms with Gasteiger partial charge in [0.05, 0.1) is 15.5 Å². The van der Waals surface area contributed by atoms with Crippen LogP contribution in [0.2, 0.25) is 0 Å². The molecule has 1 aromatic heterocycles. The number of hydrogen-bond donors (Lipinski definition) is 2. The first-order valence-corrected chi connectivity index (χ1v) is 12.3. The molecule has 4 rings (SSSR count). The van der Waals surface area contributed by atoms with Crippen LogP contribution in [0.25, 0.3) is 0 Å². The Morgan fingerprint density at radius 1 is 0.879 bits per heavy atom. The summed E-state index contributed by atoms with van der Waals surface area (Å²) in [6, 6.07) is 24.4. The second-order valence-corrected chi connectivity index (χ2v) is 9.74. The van der Waals surface area contributed by atoms with Crippen LogP contribution in [-0.2, 0) is 10.0 Å². The summed E-state index contributed by atoms with van der Waals surface area (Å²) in [5.41, 5.74) is 3.15. The number of hydrogen-bond acceptors (Lipinski definition) is 7. The average Bonchev–Trinajstić information content (AvgIpc) is 3.13. The van der Waals surface area contributed by atoms with Gasteiger partial charge in [-0.15, -0.1) is 16.5 Å². The van der Waals surface area contributed by atoms with Crippen molar-refractivity contribution in [1.29, 1.82) is 0 Å². The molecule has 7 nitrogen and oxygen atoms in total. The van der Waals surface area contributed by atoms with Crippen LogP contribution in [0, 0.1) is 6.92 Å². The lowest BCUT2D eigenvalue weighted by molar-refractivity contribution is 0.104. The molecule has 33 heavy (non-hydrogen) atoms. The van der Waals surface area contributed by atoms with Crippen LogP contribution in [0.3, 0.4) is 0 Å². The van der Waals surface area contributed by atoms with Gasteiger partial charge in [-0.25, -0.2) is 13.6 Å². The van der Waals surface area contributed by atoms with Crippen molar-refractivity contribution in [3.05, 3.63) is 101 Å². The number of nitrogens with zero attached hydrogens (tertiary/aromatic N) is 2. The van der Waals surface area contributed by atoms with Crippen LogP contribution in [-0.4, -0.2) is 14.2 Å². The molecule has 0 unspecified atom stereocenters. The van der Waals surface area contributed by atoms with Crippen molar-refractivity contribution >= 4 is 49.2 Å². The number of carbonyl (C=O) groups excluding carboxylic acids is 1. The maximum absolute atomic E-state index is 13.1. The van der Waals surface area contributed by atoms with Crippen LogP contribution < -0.4 is 10.5 Å². The van der Waals surface area contributed by atoms with Crippen LogP contribution in [0.5, 0.6) is 0 Å². The number of sulfonamides is 1. The second kappa shape index (κ2) is 9.45. The van der Waals surface area contributed by atoms with E-state index in [1.165, 1.54) is 35.6 Å². The summed E-state index contributed by atoms with van der Waals surface area (Å²) in [7, 11) is -3.79. The fourth-order valence-corrected chi connectivity index (χ4v) is 4.75. The fourth-order valence-electron chi connectivity index (χ4n) is 3.11. The Bertz CT molecular complexity index is 1410. The SMILES string of the molecule is Cc1c(C(=O)c2ccccc2)sc(Nc2ccccc2)c1N=Nc1ccc(S(N)(=O)=O)cc1. The average molecular weight is 477 g/mol. The van der Waals surface area contributed by atoms with Gasteiger partial charge in [-0.3, -0.25) is 4.79 Å². The predicted octanol–water partition coefficient (Wildman–Crippen LogP) is 6.09. The molecule has 0 saturated carbocycles. The van der Waals surface area contributed by atoms with E-state index in [4.69, 9.17) is 5.14 Å². The van der Waals surface area contributed by atoms with Gasteiger partial charge in [-0.2, -0.15) is 5.11 Å². The minimum Gasteiger partial charge on any atom is -0.345 e. The Hall–Kier alpha value is -3.66. The lowest BCUT2D eigenvalue weighted by Crippen LogP contribution is -2.11. The molecule has 1 heterocycles. The van der Waals surface area contributed by atoms with Gasteiger partial charge in [-0.1, -0.05) is 48.5 Å². The van der Waals surface area contributed by atoms with E-state index in [0.29, 0.717) is 32.4 Å². The Balaban J connectivity index is 1.72. The van der Waals surface area contributed by atoms with Crippen LogP contribution in [0.15, 0.2) is 100 Å². The van der Waals surface area contributed by atoms with Gasteiger partial charge in [0.15, 0.2) is 0 Å². The summed E-state index contributed by atoms with van der Waals surface area (Å²) in [6.07, 6.45) is 0. The van der Waals surface area contributed by atoms with Gasteiger partial charge < -0.3 is 5.32 Å². The number of para-hydroxylation sites is 1. The van der Waals surface area contributed by atoms with E-state index < -0.39 is 10.0 Å². The van der Waals surface area contributed by atoms with Crippen molar-refractivity contribution < 1.29 is 13.2 Å². The Labute approximate surface area is 195 Å². The fraction of sp³-hybridized carbons (Fsp3) is 0.0417. The molecule has 0 aliphatic rings. The third kappa shape index (κ3) is 5.23. The van der Waals surface area contributed by atoms with Gasteiger partial charge >= 0.3 is 0 Å². The van der Waals surface area contributed by atoms with Crippen LogP contribution in [0.4, 0.5) is 22.1 Å². The Morgan fingerprint density at radius 3 is 2.09 bits per heavy atom. The van der Waals surface area contributed by atoms with Crippen LogP contribution >= 0.6 is 11.3 Å². The molecule has 0 aliphatic heterocycles. The molecule has 9 heteroatoms. The lowest BCUT2D eigenvalue weighted by Gasteiger charge is -2.04. The smallest absolute Gasteiger partial charge is 0.238 e. The number of ketones is 1. The van der Waals surface area contributed by atoms with Gasteiger partial charge in [0.1, 0.15) is 10.7 Å². The lowest BCUT2D eigenvalue weighted by atomic mass is 10.1. The molecule has 0 aliphatic carbocycles. The van der Waals surface area contributed by atoms with E-state index in [1.54, 1.807) is 12.1 Å². The van der Waals surface area contributed by atoms with Crippen molar-refractivity contribution in [3.8, 4) is 0 Å². The molecule has 0 spiro atoms. The molecule has 3 N–H and O–H groups in total. The number of nitrogens with one attached hydrogen (secondary N) is 1. The van der Waals surface area contributed by atoms with E-state index in [1.807, 2.05) is 55.5 Å². The molecule has 0 bridgehead atoms. The minimum absolute atomic E-state index is 0.00431. The molecule has 0 amide bonds. The summed E-state index contributed by atoms with van der Waals surface area (Å²) >= 11 is 1.31. The molecular formula is C24H20N4O3S2. The highest BCUT2D eigenvalue weighted by Crippen LogP contribution is 2.43. The Kier molecular flexibility index (Phi) is 6.45. The molecule has 0 radical (unpaired) electrons. The highest BCUT2D eigenvalue weighted by atomic mass is 32.2. The summed E-state index contributed by atoms with van der Waals surface area (Å²) < 4.78 is 22.9. The number of azo groups is 1. The first kappa shape index (κ1) is 22.5. The number of primary sulfonamides is 1. The number of anilines is 2. The second-order valence-electron chi connectivity index (χ2n) is 7.16. The van der Waals surface area contributed by atoms with E-state index in [2.05, 4.69) is 15.5 Å². The van der Waals surface area contributed by atoms with E-state index in [9.17, 15) is 13.2 Å². The predicted molar refractivity (Wildman–Crippen MR) is 131 cm³/mol. The van der Waals surface area contributed by atoms with Gasteiger partial charge in [0, 0.05) is 16.8 Å². The summed E-state index contributed by atoms with van der Waals surface area (Å²) in [4.78, 5) is 13.7. The van der Waals surface area contributed by atoms with Crippen LogP contribution in [0.1, 0.15) is 20.8 Å². The molecule has 3 aromatic carbocycles. The molecule has 166 valence electrons. The van der Waals surface area contributed by atoms with Crippen molar-refractivity contribution in [2.24, 2.45) is 15.4 Å². The third-order valence-electron chi connectivity index (χ3n) is 4.82. The number of rotatable bonds is 7. The number of carbonyl (C=O) groups is 1. The molecule has 0 fully saturated rings. The topological polar surface area (TPSA) is 114 Å². The van der Waals surface area contributed by atoms with Gasteiger partial charge in [0.25, 0.3) is 0 Å². The molecule has 0 saturated heterocycles. The summed E-state index contributed by atoms with van der Waals surface area (Å²) in [5.74, 6) is -0.0897. The van der Waals surface area contributed by atoms with Crippen molar-refractivity contribution in [2.75, 3.05) is 5.32 Å². The van der Waals surface area contributed by atoms with Crippen molar-refractivity contribution in [2.45, 2.75) is 11.8 Å². The number of nitrogens with two attached hydrogens (primary N) is 1. The Morgan fingerprint density at radius 2 is 1.48 bits per heavy atom. The first-order chi connectivity index (χ1) is 15.8. The minimum atomic E-state index is -3.79. The molecular weight excluding hydrogens is 456 g/mol. The van der Waals surface area contributed by atoms with Gasteiger partial charge in [0.2, 0.25) is 15.8 Å². The van der Waals surface area contributed by atoms with E-state index in [-0.39, 0.29) is 10.7 Å². The molecule has 4 aromatic rings. The summed E-state index contributed by atoms with van der Waals surface area (Å²) in [6.45, 7) is 1.83. The summed E-state index contributed by atoms with van der Waals surface area (Å²) in [5, 5.41) is 17.8. The maximum atomic E-state index is 13.1. The monoisotopic (exact) mass is 476 g/mol.